The summed E-state index contributed by atoms with van der Waals surface area (Å²) in [6.45, 7) is 2.74. The van der Waals surface area contributed by atoms with Crippen LogP contribution in [0.5, 0.6) is 0 Å². The second-order valence-electron chi connectivity index (χ2n) is 3.92. The molecule has 0 radical (unpaired) electrons. The van der Waals surface area contributed by atoms with Crippen molar-refractivity contribution in [2.45, 2.75) is 6.92 Å². The molecule has 19 heavy (non-hydrogen) atoms. The minimum Gasteiger partial charge on any atom is -0.370 e. The van der Waals surface area contributed by atoms with Gasteiger partial charge in [-0.1, -0.05) is 0 Å². The number of hydrogen-bond donors (Lipinski definition) is 2. The summed E-state index contributed by atoms with van der Waals surface area (Å²) in [6.07, 6.45) is 1.50. The van der Waals surface area contributed by atoms with Crippen LogP contribution in [0.15, 0.2) is 42.6 Å². The van der Waals surface area contributed by atoms with Crippen LogP contribution in [0.3, 0.4) is 0 Å². The lowest BCUT2D eigenvalue weighted by atomic mass is 10.2. The van der Waals surface area contributed by atoms with E-state index in [0.29, 0.717) is 11.3 Å². The van der Waals surface area contributed by atoms with Gasteiger partial charge in [-0.2, -0.15) is 0 Å². The van der Waals surface area contributed by atoms with Crippen LogP contribution in [-0.4, -0.2) is 17.4 Å². The molecule has 2 rings (SSSR count). The summed E-state index contributed by atoms with van der Waals surface area (Å²) >= 11 is 0. The molecule has 0 spiro atoms. The fraction of sp³-hybridized carbons (Fsp3) is 0.143. The molecule has 5 heteroatoms. The summed E-state index contributed by atoms with van der Waals surface area (Å²) in [7, 11) is 0. The largest absolute Gasteiger partial charge is 0.370 e. The molecule has 98 valence electrons. The van der Waals surface area contributed by atoms with Gasteiger partial charge in [-0.25, -0.2) is 9.37 Å². The SMILES string of the molecule is CCNc1ccc(C(=O)Nc2ccc(F)cc2)cn1. The smallest absolute Gasteiger partial charge is 0.257 e. The Morgan fingerprint density at radius 3 is 2.53 bits per heavy atom. The Balaban J connectivity index is 2.05. The molecule has 1 aromatic carbocycles. The lowest BCUT2D eigenvalue weighted by molar-refractivity contribution is 0.102. The van der Waals surface area contributed by atoms with Gasteiger partial charge >= 0.3 is 0 Å². The maximum atomic E-state index is 12.7. The molecule has 0 aliphatic heterocycles. The Labute approximate surface area is 110 Å². The second-order valence-corrected chi connectivity index (χ2v) is 3.92. The number of carbonyl (C=O) groups excluding carboxylic acids is 1. The van der Waals surface area contributed by atoms with E-state index in [4.69, 9.17) is 0 Å². The van der Waals surface area contributed by atoms with Crippen molar-refractivity contribution in [2.75, 3.05) is 17.2 Å². The first-order valence-corrected chi connectivity index (χ1v) is 5.96. The van der Waals surface area contributed by atoms with Crippen LogP contribution in [-0.2, 0) is 0 Å². The van der Waals surface area contributed by atoms with E-state index in [9.17, 15) is 9.18 Å². The van der Waals surface area contributed by atoms with Crippen LogP contribution < -0.4 is 10.6 Å². The van der Waals surface area contributed by atoms with E-state index in [1.807, 2.05) is 6.92 Å². The molecule has 0 saturated heterocycles. The van der Waals surface area contributed by atoms with Crippen LogP contribution in [0.25, 0.3) is 0 Å². The van der Waals surface area contributed by atoms with Crippen LogP contribution in [0.2, 0.25) is 0 Å². The van der Waals surface area contributed by atoms with E-state index in [2.05, 4.69) is 15.6 Å². The van der Waals surface area contributed by atoms with E-state index in [-0.39, 0.29) is 11.7 Å². The van der Waals surface area contributed by atoms with Crippen molar-refractivity contribution >= 4 is 17.4 Å². The third-order valence-electron chi connectivity index (χ3n) is 2.49. The molecule has 0 bridgehead atoms. The third-order valence-corrected chi connectivity index (χ3v) is 2.49. The minimum atomic E-state index is -0.338. The first kappa shape index (κ1) is 13.0. The fourth-order valence-corrected chi connectivity index (χ4v) is 1.55. The molecular formula is C14H14FN3O. The van der Waals surface area contributed by atoms with Crippen molar-refractivity contribution < 1.29 is 9.18 Å². The molecule has 0 atom stereocenters. The quantitative estimate of drug-likeness (QED) is 0.887. The maximum absolute atomic E-state index is 12.7. The normalized spacial score (nSPS) is 10.0. The molecule has 0 unspecified atom stereocenters. The summed E-state index contributed by atoms with van der Waals surface area (Å²) in [5.74, 6) is 0.109. The highest BCUT2D eigenvalue weighted by Crippen LogP contribution is 2.11. The molecule has 0 saturated carbocycles. The van der Waals surface area contributed by atoms with Crippen molar-refractivity contribution in [3.63, 3.8) is 0 Å². The van der Waals surface area contributed by atoms with Gasteiger partial charge in [0.1, 0.15) is 11.6 Å². The molecule has 0 aliphatic carbocycles. The van der Waals surface area contributed by atoms with Crippen molar-refractivity contribution in [1.29, 1.82) is 0 Å². The van der Waals surface area contributed by atoms with E-state index >= 15 is 0 Å². The summed E-state index contributed by atoms with van der Waals surface area (Å²) in [6, 6.07) is 9.03. The van der Waals surface area contributed by atoms with Crippen molar-refractivity contribution in [1.82, 2.24) is 4.98 Å². The number of benzene rings is 1. The topological polar surface area (TPSA) is 54.0 Å². The van der Waals surface area contributed by atoms with Gasteiger partial charge in [0.25, 0.3) is 5.91 Å². The van der Waals surface area contributed by atoms with Crippen molar-refractivity contribution in [2.24, 2.45) is 0 Å². The average Bonchev–Trinajstić information content (AvgIpc) is 2.42. The summed E-state index contributed by atoms with van der Waals surface area (Å²) in [5, 5.41) is 5.72. The Morgan fingerprint density at radius 1 is 1.21 bits per heavy atom. The Kier molecular flexibility index (Phi) is 4.07. The first-order chi connectivity index (χ1) is 9.19. The van der Waals surface area contributed by atoms with E-state index in [1.165, 1.54) is 30.5 Å². The highest BCUT2D eigenvalue weighted by molar-refractivity contribution is 6.04. The number of hydrogen-bond acceptors (Lipinski definition) is 3. The van der Waals surface area contributed by atoms with E-state index < -0.39 is 0 Å². The van der Waals surface area contributed by atoms with E-state index in [0.717, 1.165) is 12.4 Å². The number of aromatic nitrogens is 1. The average molecular weight is 259 g/mol. The third kappa shape index (κ3) is 3.51. The van der Waals surface area contributed by atoms with Gasteiger partial charge in [0.05, 0.1) is 5.56 Å². The molecule has 2 N–H and O–H groups in total. The number of carbonyl (C=O) groups is 1. The molecule has 0 fully saturated rings. The second kappa shape index (κ2) is 5.95. The van der Waals surface area contributed by atoms with Gasteiger partial charge in [-0.15, -0.1) is 0 Å². The molecule has 4 nitrogen and oxygen atoms in total. The van der Waals surface area contributed by atoms with Gasteiger partial charge in [-0.05, 0) is 43.3 Å². The van der Waals surface area contributed by atoms with Gasteiger partial charge < -0.3 is 10.6 Å². The summed E-state index contributed by atoms with van der Waals surface area (Å²) in [4.78, 5) is 16.0. The molecule has 2 aromatic rings. The monoisotopic (exact) mass is 259 g/mol. The van der Waals surface area contributed by atoms with Crippen molar-refractivity contribution in [3.05, 3.63) is 54.0 Å². The van der Waals surface area contributed by atoms with Crippen LogP contribution in [0.1, 0.15) is 17.3 Å². The lowest BCUT2D eigenvalue weighted by Gasteiger charge is -2.06. The first-order valence-electron chi connectivity index (χ1n) is 5.96. The van der Waals surface area contributed by atoms with Gasteiger partial charge in [-0.3, -0.25) is 4.79 Å². The lowest BCUT2D eigenvalue weighted by Crippen LogP contribution is -2.12. The number of anilines is 2. The standard InChI is InChI=1S/C14H14FN3O/c1-2-16-13-8-3-10(9-17-13)14(19)18-12-6-4-11(15)5-7-12/h3-9H,2H2,1H3,(H,16,17)(H,18,19). The number of rotatable bonds is 4. The fourth-order valence-electron chi connectivity index (χ4n) is 1.55. The number of amides is 1. The zero-order chi connectivity index (χ0) is 13.7. The molecule has 1 aromatic heterocycles. The minimum absolute atomic E-state index is 0.276. The Bertz CT molecular complexity index is 552. The Hall–Kier alpha value is -2.43. The number of nitrogens with zero attached hydrogens (tertiary/aromatic N) is 1. The predicted octanol–water partition coefficient (Wildman–Crippen LogP) is 2.90. The van der Waals surface area contributed by atoms with Crippen LogP contribution in [0.4, 0.5) is 15.9 Å². The predicted molar refractivity (Wildman–Crippen MR) is 72.8 cm³/mol. The highest BCUT2D eigenvalue weighted by atomic mass is 19.1. The molecule has 1 heterocycles. The molecule has 0 aliphatic rings. The van der Waals surface area contributed by atoms with E-state index in [1.54, 1.807) is 12.1 Å². The van der Waals surface area contributed by atoms with Crippen LogP contribution >= 0.6 is 0 Å². The van der Waals surface area contributed by atoms with Gasteiger partial charge in [0.15, 0.2) is 0 Å². The van der Waals surface area contributed by atoms with Crippen LogP contribution in [0, 0.1) is 5.82 Å². The maximum Gasteiger partial charge on any atom is 0.257 e. The van der Waals surface area contributed by atoms with Crippen molar-refractivity contribution in [3.8, 4) is 0 Å². The van der Waals surface area contributed by atoms with Gasteiger partial charge in [0.2, 0.25) is 0 Å². The highest BCUT2D eigenvalue weighted by Gasteiger charge is 2.06. The zero-order valence-electron chi connectivity index (χ0n) is 10.5. The Morgan fingerprint density at radius 2 is 1.95 bits per heavy atom. The number of nitrogens with one attached hydrogen (secondary N) is 2. The molecular weight excluding hydrogens is 245 g/mol. The molecule has 1 amide bonds. The number of halogens is 1. The number of pyridine rings is 1. The summed E-state index contributed by atoms with van der Waals surface area (Å²) < 4.78 is 12.7. The summed E-state index contributed by atoms with van der Waals surface area (Å²) in [5.41, 5.74) is 0.994. The van der Waals surface area contributed by atoms with Gasteiger partial charge in [0, 0.05) is 18.4 Å². The zero-order valence-corrected chi connectivity index (χ0v) is 10.5.